The zero-order valence-corrected chi connectivity index (χ0v) is 17.7. The maximum absolute atomic E-state index is 13.9. The van der Waals surface area contributed by atoms with Gasteiger partial charge < -0.3 is 5.32 Å². The van der Waals surface area contributed by atoms with Gasteiger partial charge in [0, 0.05) is 32.7 Å². The van der Waals surface area contributed by atoms with E-state index in [1.165, 1.54) is 28.9 Å². The highest BCUT2D eigenvalue weighted by Gasteiger charge is 2.30. The molecule has 8 heteroatoms. The number of nitrogens with zero attached hydrogens (tertiary/aromatic N) is 2. The average Bonchev–Trinajstić information content (AvgIpc) is 2.69. The molecule has 0 aromatic heterocycles. The van der Waals surface area contributed by atoms with E-state index in [0.717, 1.165) is 25.3 Å². The molecular weight excluding hydrogens is 381 g/mol. The lowest BCUT2D eigenvalue weighted by molar-refractivity contribution is -0.122. The number of benzene rings is 1. The van der Waals surface area contributed by atoms with E-state index < -0.39 is 15.8 Å². The SMILES string of the molecule is CCCC[C@@H](CC)CNC(=O)CN1CCN(S(=O)(=O)c2ccccc2F)CC1. The van der Waals surface area contributed by atoms with Crippen molar-refractivity contribution in [1.29, 1.82) is 0 Å². The third kappa shape index (κ3) is 6.25. The summed E-state index contributed by atoms with van der Waals surface area (Å²) >= 11 is 0. The second-order valence-corrected chi connectivity index (χ2v) is 9.24. The number of amides is 1. The molecule has 6 nitrogen and oxygen atoms in total. The summed E-state index contributed by atoms with van der Waals surface area (Å²) in [5.74, 6) is -0.259. The van der Waals surface area contributed by atoms with Crippen LogP contribution in [0.25, 0.3) is 0 Å². The van der Waals surface area contributed by atoms with Gasteiger partial charge in [-0.05, 0) is 24.5 Å². The first kappa shape index (κ1) is 22.8. The van der Waals surface area contributed by atoms with Crippen molar-refractivity contribution in [2.45, 2.75) is 44.4 Å². The van der Waals surface area contributed by atoms with Crippen LogP contribution in [-0.4, -0.2) is 62.8 Å². The third-order valence-corrected chi connectivity index (χ3v) is 7.22. The maximum atomic E-state index is 13.9. The first-order valence-electron chi connectivity index (χ1n) is 10.1. The Hall–Kier alpha value is -1.51. The molecule has 28 heavy (non-hydrogen) atoms. The van der Waals surface area contributed by atoms with Crippen molar-refractivity contribution in [2.75, 3.05) is 39.3 Å². The molecule has 1 aromatic rings. The van der Waals surface area contributed by atoms with Crippen molar-refractivity contribution < 1.29 is 17.6 Å². The number of sulfonamides is 1. The summed E-state index contributed by atoms with van der Waals surface area (Å²) < 4.78 is 40.4. The van der Waals surface area contributed by atoms with Crippen LogP contribution < -0.4 is 5.32 Å². The Balaban J connectivity index is 1.80. The molecular formula is C20H32FN3O3S. The van der Waals surface area contributed by atoms with Crippen LogP contribution in [0.1, 0.15) is 39.5 Å². The van der Waals surface area contributed by atoms with Crippen LogP contribution >= 0.6 is 0 Å². The molecule has 1 amide bonds. The van der Waals surface area contributed by atoms with E-state index in [4.69, 9.17) is 0 Å². The molecule has 0 bridgehead atoms. The Kier molecular flexibility index (Phi) is 8.85. The number of unbranched alkanes of at least 4 members (excludes halogenated alkanes) is 1. The van der Waals surface area contributed by atoms with Gasteiger partial charge in [-0.3, -0.25) is 9.69 Å². The summed E-state index contributed by atoms with van der Waals surface area (Å²) in [5.41, 5.74) is 0. The van der Waals surface area contributed by atoms with Crippen molar-refractivity contribution >= 4 is 15.9 Å². The number of rotatable bonds is 10. The van der Waals surface area contributed by atoms with Crippen LogP contribution in [0.5, 0.6) is 0 Å². The Morgan fingerprint density at radius 2 is 1.86 bits per heavy atom. The predicted octanol–water partition coefficient (Wildman–Crippen LogP) is 2.46. The van der Waals surface area contributed by atoms with Crippen LogP contribution in [0.3, 0.4) is 0 Å². The van der Waals surface area contributed by atoms with Gasteiger partial charge in [-0.25, -0.2) is 12.8 Å². The van der Waals surface area contributed by atoms with Crippen LogP contribution in [0, 0.1) is 11.7 Å². The van der Waals surface area contributed by atoms with Crippen molar-refractivity contribution in [2.24, 2.45) is 5.92 Å². The number of piperazine rings is 1. The van der Waals surface area contributed by atoms with Gasteiger partial charge >= 0.3 is 0 Å². The highest BCUT2D eigenvalue weighted by Crippen LogP contribution is 2.20. The van der Waals surface area contributed by atoms with Crippen LogP contribution in [0.2, 0.25) is 0 Å². The van der Waals surface area contributed by atoms with Crippen molar-refractivity contribution in [3.05, 3.63) is 30.1 Å². The predicted molar refractivity (Wildman–Crippen MR) is 108 cm³/mol. The molecule has 1 aliphatic rings. The number of nitrogens with one attached hydrogen (secondary N) is 1. The molecule has 1 heterocycles. The number of carbonyl (C=O) groups is 1. The summed E-state index contributed by atoms with van der Waals surface area (Å²) in [7, 11) is -3.85. The number of hydrogen-bond acceptors (Lipinski definition) is 4. The lowest BCUT2D eigenvalue weighted by atomic mass is 9.99. The third-order valence-electron chi connectivity index (χ3n) is 5.28. The second kappa shape index (κ2) is 10.9. The van der Waals surface area contributed by atoms with E-state index in [1.807, 2.05) is 4.90 Å². The fraction of sp³-hybridized carbons (Fsp3) is 0.650. The highest BCUT2D eigenvalue weighted by molar-refractivity contribution is 7.89. The van der Waals surface area contributed by atoms with E-state index in [2.05, 4.69) is 19.2 Å². The molecule has 2 rings (SSSR count). The molecule has 1 aromatic carbocycles. The molecule has 158 valence electrons. The zero-order chi connectivity index (χ0) is 20.6. The fourth-order valence-electron chi connectivity index (χ4n) is 3.38. The Morgan fingerprint density at radius 1 is 1.18 bits per heavy atom. The minimum atomic E-state index is -3.85. The summed E-state index contributed by atoms with van der Waals surface area (Å²) in [6.07, 6.45) is 4.50. The topological polar surface area (TPSA) is 69.7 Å². The molecule has 1 aliphatic heterocycles. The molecule has 0 radical (unpaired) electrons. The van der Waals surface area contributed by atoms with Gasteiger partial charge in [0.1, 0.15) is 10.7 Å². The quantitative estimate of drug-likeness (QED) is 0.640. The monoisotopic (exact) mass is 413 g/mol. The van der Waals surface area contributed by atoms with E-state index in [-0.39, 0.29) is 30.4 Å². The summed E-state index contributed by atoms with van der Waals surface area (Å²) in [6.45, 7) is 6.66. The van der Waals surface area contributed by atoms with Crippen LogP contribution in [0.15, 0.2) is 29.2 Å². The van der Waals surface area contributed by atoms with Crippen molar-refractivity contribution in [3.63, 3.8) is 0 Å². The summed E-state index contributed by atoms with van der Waals surface area (Å²) in [4.78, 5) is 13.9. The number of halogens is 1. The molecule has 1 atom stereocenters. The minimum absolute atomic E-state index is 0.0274. The first-order chi connectivity index (χ1) is 13.4. The van der Waals surface area contributed by atoms with Gasteiger partial charge in [-0.1, -0.05) is 45.2 Å². The molecule has 0 saturated carbocycles. The van der Waals surface area contributed by atoms with Gasteiger partial charge in [0.2, 0.25) is 15.9 Å². The van der Waals surface area contributed by atoms with Crippen LogP contribution in [0.4, 0.5) is 4.39 Å². The van der Waals surface area contributed by atoms with Gasteiger partial charge in [-0.2, -0.15) is 4.31 Å². The van der Waals surface area contributed by atoms with E-state index >= 15 is 0 Å². The number of carbonyl (C=O) groups excluding carboxylic acids is 1. The van der Waals surface area contributed by atoms with Crippen molar-refractivity contribution in [3.8, 4) is 0 Å². The molecule has 1 fully saturated rings. The van der Waals surface area contributed by atoms with E-state index in [1.54, 1.807) is 0 Å². The Bertz CT molecular complexity index is 734. The maximum Gasteiger partial charge on any atom is 0.246 e. The van der Waals surface area contributed by atoms with Gasteiger partial charge in [-0.15, -0.1) is 0 Å². The normalized spacial score (nSPS) is 17.4. The highest BCUT2D eigenvalue weighted by atomic mass is 32.2. The molecule has 0 aliphatic carbocycles. The lowest BCUT2D eigenvalue weighted by Gasteiger charge is -2.33. The average molecular weight is 414 g/mol. The first-order valence-corrected chi connectivity index (χ1v) is 11.6. The molecule has 1 saturated heterocycles. The Labute approximate surface area is 168 Å². The molecule has 0 spiro atoms. The van der Waals surface area contributed by atoms with E-state index in [9.17, 15) is 17.6 Å². The van der Waals surface area contributed by atoms with Gasteiger partial charge in [0.25, 0.3) is 0 Å². The minimum Gasteiger partial charge on any atom is -0.355 e. The second-order valence-electron chi connectivity index (χ2n) is 7.33. The lowest BCUT2D eigenvalue weighted by Crippen LogP contribution is -2.51. The zero-order valence-electron chi connectivity index (χ0n) is 16.9. The largest absolute Gasteiger partial charge is 0.355 e. The fourth-order valence-corrected chi connectivity index (χ4v) is 4.87. The Morgan fingerprint density at radius 3 is 2.46 bits per heavy atom. The standard InChI is InChI=1S/C20H32FN3O3S/c1-3-5-8-17(4-2)15-22-20(25)16-23-11-13-24(14-12-23)28(26,27)19-10-7-6-9-18(19)21/h6-7,9-10,17H,3-5,8,11-16H2,1-2H3,(H,22,25)/t17-/m1/s1. The summed E-state index contributed by atoms with van der Waals surface area (Å²) in [6, 6.07) is 5.42. The molecule has 0 unspecified atom stereocenters. The van der Waals surface area contributed by atoms with Gasteiger partial charge in [0.15, 0.2) is 0 Å². The smallest absolute Gasteiger partial charge is 0.246 e. The van der Waals surface area contributed by atoms with Gasteiger partial charge in [0.05, 0.1) is 6.54 Å². The summed E-state index contributed by atoms with van der Waals surface area (Å²) in [5, 5.41) is 3.00. The molecule has 1 N–H and O–H groups in total. The van der Waals surface area contributed by atoms with Crippen LogP contribution in [-0.2, 0) is 14.8 Å². The van der Waals surface area contributed by atoms with E-state index in [0.29, 0.717) is 25.6 Å². The van der Waals surface area contributed by atoms with Crippen molar-refractivity contribution in [1.82, 2.24) is 14.5 Å². The number of hydrogen-bond donors (Lipinski definition) is 1.